The van der Waals surface area contributed by atoms with Crippen LogP contribution in [0.3, 0.4) is 0 Å². The molecule has 8 heteroatoms. The van der Waals surface area contributed by atoms with E-state index < -0.39 is 11.5 Å². The molecule has 0 amide bonds. The highest BCUT2D eigenvalue weighted by Crippen LogP contribution is 2.28. The van der Waals surface area contributed by atoms with Gasteiger partial charge in [0, 0.05) is 6.07 Å². The number of ether oxygens (including phenoxy) is 2. The largest absolute Gasteiger partial charge is 0.497 e. The van der Waals surface area contributed by atoms with Crippen molar-refractivity contribution in [1.82, 2.24) is 9.55 Å². The fourth-order valence-electron chi connectivity index (χ4n) is 2.05. The first-order chi connectivity index (χ1) is 11.4. The van der Waals surface area contributed by atoms with Crippen molar-refractivity contribution in [1.29, 1.82) is 0 Å². The Balaban J connectivity index is 0.00000139. The SMILES string of the molecule is CC.COC(=O)c1c(N)ncn(-c2c(C)cc(OC)cc2Cl)c1=O. The van der Waals surface area contributed by atoms with E-state index in [-0.39, 0.29) is 16.4 Å². The van der Waals surface area contributed by atoms with Gasteiger partial charge < -0.3 is 15.2 Å². The number of rotatable bonds is 3. The second-order valence-electron chi connectivity index (χ2n) is 4.45. The first-order valence-corrected chi connectivity index (χ1v) is 7.58. The van der Waals surface area contributed by atoms with Crippen molar-refractivity contribution in [3.63, 3.8) is 0 Å². The first-order valence-electron chi connectivity index (χ1n) is 7.20. The van der Waals surface area contributed by atoms with E-state index in [2.05, 4.69) is 9.72 Å². The zero-order chi connectivity index (χ0) is 18.4. The van der Waals surface area contributed by atoms with E-state index in [0.717, 1.165) is 11.7 Å². The maximum Gasteiger partial charge on any atom is 0.347 e. The molecule has 0 fully saturated rings. The number of nitrogen functional groups attached to an aromatic ring is 1. The van der Waals surface area contributed by atoms with Gasteiger partial charge in [-0.15, -0.1) is 0 Å². The van der Waals surface area contributed by atoms with Crippen molar-refractivity contribution in [2.24, 2.45) is 0 Å². The van der Waals surface area contributed by atoms with Gasteiger partial charge in [0.15, 0.2) is 5.56 Å². The topological polar surface area (TPSA) is 96.4 Å². The van der Waals surface area contributed by atoms with Gasteiger partial charge in [0.05, 0.1) is 24.9 Å². The number of halogens is 1. The molecule has 0 bridgehead atoms. The Morgan fingerprint density at radius 2 is 1.92 bits per heavy atom. The predicted molar refractivity (Wildman–Crippen MR) is 93.2 cm³/mol. The molecule has 24 heavy (non-hydrogen) atoms. The molecule has 130 valence electrons. The summed E-state index contributed by atoms with van der Waals surface area (Å²) in [5.41, 5.74) is 5.66. The van der Waals surface area contributed by atoms with E-state index in [4.69, 9.17) is 22.1 Å². The minimum Gasteiger partial charge on any atom is -0.497 e. The number of benzene rings is 1. The van der Waals surface area contributed by atoms with Gasteiger partial charge in [-0.3, -0.25) is 9.36 Å². The van der Waals surface area contributed by atoms with Crippen molar-refractivity contribution in [3.05, 3.63) is 45.0 Å². The highest BCUT2D eigenvalue weighted by molar-refractivity contribution is 6.32. The van der Waals surface area contributed by atoms with Gasteiger partial charge in [0.2, 0.25) is 0 Å². The number of aryl methyl sites for hydroxylation is 1. The van der Waals surface area contributed by atoms with Crippen LogP contribution < -0.4 is 16.0 Å². The average molecular weight is 354 g/mol. The molecule has 2 N–H and O–H groups in total. The molecule has 2 aromatic rings. The number of carbonyl (C=O) groups is 1. The zero-order valence-corrected chi connectivity index (χ0v) is 15.0. The molecular weight excluding hydrogens is 334 g/mol. The minimum absolute atomic E-state index is 0.199. The zero-order valence-electron chi connectivity index (χ0n) is 14.2. The molecule has 0 spiro atoms. The number of hydrogen-bond acceptors (Lipinski definition) is 6. The molecule has 0 aliphatic rings. The lowest BCUT2D eigenvalue weighted by Crippen LogP contribution is -2.28. The molecule has 0 saturated heterocycles. The van der Waals surface area contributed by atoms with Crippen LogP contribution in [-0.4, -0.2) is 29.7 Å². The van der Waals surface area contributed by atoms with Gasteiger partial charge in [-0.2, -0.15) is 0 Å². The number of anilines is 1. The van der Waals surface area contributed by atoms with E-state index in [1.165, 1.54) is 13.4 Å². The summed E-state index contributed by atoms with van der Waals surface area (Å²) in [5, 5.41) is 0.279. The number of nitrogens with two attached hydrogens (primary N) is 1. The van der Waals surface area contributed by atoms with Crippen LogP contribution >= 0.6 is 11.6 Å². The van der Waals surface area contributed by atoms with E-state index >= 15 is 0 Å². The van der Waals surface area contributed by atoms with E-state index in [1.807, 2.05) is 13.8 Å². The maximum atomic E-state index is 12.5. The van der Waals surface area contributed by atoms with Crippen LogP contribution in [-0.2, 0) is 4.74 Å². The van der Waals surface area contributed by atoms with Gasteiger partial charge in [-0.25, -0.2) is 9.78 Å². The lowest BCUT2D eigenvalue weighted by molar-refractivity contribution is 0.0599. The van der Waals surface area contributed by atoms with Crippen LogP contribution in [0.25, 0.3) is 5.69 Å². The van der Waals surface area contributed by atoms with Crippen LogP contribution in [0.2, 0.25) is 5.02 Å². The molecular formula is C16H20ClN3O4. The normalized spacial score (nSPS) is 9.75. The first kappa shape index (κ1) is 19.5. The Bertz CT molecular complexity index is 779. The van der Waals surface area contributed by atoms with Crippen molar-refractivity contribution in [3.8, 4) is 11.4 Å². The van der Waals surface area contributed by atoms with Crippen molar-refractivity contribution in [2.75, 3.05) is 20.0 Å². The fraction of sp³-hybridized carbons (Fsp3) is 0.312. The maximum absolute atomic E-state index is 12.5. The smallest absolute Gasteiger partial charge is 0.347 e. The third-order valence-corrected chi connectivity index (χ3v) is 3.38. The third kappa shape index (κ3) is 3.68. The second-order valence-corrected chi connectivity index (χ2v) is 4.85. The fourth-order valence-corrected chi connectivity index (χ4v) is 2.40. The molecule has 1 aromatic carbocycles. The standard InChI is InChI=1S/C14H14ClN3O4.C2H6/c1-7-4-8(21-2)5-9(15)11(7)18-6-17-12(16)10(13(18)19)14(20)22-3;1-2/h4-6H,16H2,1-3H3;1-2H3. The molecule has 2 rings (SSSR count). The van der Waals surface area contributed by atoms with E-state index in [9.17, 15) is 9.59 Å². The van der Waals surface area contributed by atoms with Crippen LogP contribution in [0.4, 0.5) is 5.82 Å². The summed E-state index contributed by atoms with van der Waals surface area (Å²) in [4.78, 5) is 28.1. The van der Waals surface area contributed by atoms with Crippen LogP contribution in [0.5, 0.6) is 5.75 Å². The number of carbonyl (C=O) groups excluding carboxylic acids is 1. The number of hydrogen-bond donors (Lipinski definition) is 1. The number of nitrogens with zero attached hydrogens (tertiary/aromatic N) is 2. The third-order valence-electron chi connectivity index (χ3n) is 3.09. The molecule has 0 aliphatic carbocycles. The van der Waals surface area contributed by atoms with Gasteiger partial charge in [-0.1, -0.05) is 25.4 Å². The molecule has 0 atom stereocenters. The van der Waals surface area contributed by atoms with Gasteiger partial charge in [-0.05, 0) is 18.6 Å². The van der Waals surface area contributed by atoms with Crippen molar-refractivity contribution < 1.29 is 14.3 Å². The molecule has 0 unspecified atom stereocenters. The summed E-state index contributed by atoms with van der Waals surface area (Å²) in [6.45, 7) is 5.75. The number of esters is 1. The summed E-state index contributed by atoms with van der Waals surface area (Å²) < 4.78 is 10.8. The van der Waals surface area contributed by atoms with Crippen LogP contribution in [0.1, 0.15) is 29.8 Å². The highest BCUT2D eigenvalue weighted by atomic mass is 35.5. The Hall–Kier alpha value is -2.54. The Morgan fingerprint density at radius 1 is 1.29 bits per heavy atom. The number of aromatic nitrogens is 2. The van der Waals surface area contributed by atoms with Gasteiger partial charge in [0.1, 0.15) is 17.9 Å². The Labute approximate surface area is 145 Å². The van der Waals surface area contributed by atoms with Crippen molar-refractivity contribution in [2.45, 2.75) is 20.8 Å². The highest BCUT2D eigenvalue weighted by Gasteiger charge is 2.21. The summed E-state index contributed by atoms with van der Waals surface area (Å²) in [6.07, 6.45) is 1.21. The molecule has 7 nitrogen and oxygen atoms in total. The van der Waals surface area contributed by atoms with Crippen LogP contribution in [0.15, 0.2) is 23.3 Å². The predicted octanol–water partition coefficient (Wildman–Crippen LogP) is 2.60. The Kier molecular flexibility index (Phi) is 6.79. The summed E-state index contributed by atoms with van der Waals surface area (Å²) in [6, 6.07) is 3.27. The van der Waals surface area contributed by atoms with Crippen molar-refractivity contribution >= 4 is 23.4 Å². The molecule has 1 heterocycles. The summed E-state index contributed by atoms with van der Waals surface area (Å²) in [5.74, 6) is -0.502. The quantitative estimate of drug-likeness (QED) is 0.852. The molecule has 0 saturated carbocycles. The second kappa shape index (κ2) is 8.35. The molecule has 0 aliphatic heterocycles. The number of methoxy groups -OCH3 is 2. The van der Waals surface area contributed by atoms with Crippen LogP contribution in [0, 0.1) is 6.92 Å². The Morgan fingerprint density at radius 3 is 2.42 bits per heavy atom. The monoisotopic (exact) mass is 353 g/mol. The van der Waals surface area contributed by atoms with Gasteiger partial charge >= 0.3 is 5.97 Å². The molecule has 1 aromatic heterocycles. The van der Waals surface area contributed by atoms with E-state index in [0.29, 0.717) is 17.0 Å². The summed E-state index contributed by atoms with van der Waals surface area (Å²) >= 11 is 6.21. The minimum atomic E-state index is -0.855. The molecule has 0 radical (unpaired) electrons. The average Bonchev–Trinajstić information content (AvgIpc) is 2.57. The summed E-state index contributed by atoms with van der Waals surface area (Å²) in [7, 11) is 2.67. The van der Waals surface area contributed by atoms with E-state index in [1.54, 1.807) is 19.1 Å². The lowest BCUT2D eigenvalue weighted by Gasteiger charge is -2.14. The van der Waals surface area contributed by atoms with Gasteiger partial charge in [0.25, 0.3) is 5.56 Å². The lowest BCUT2D eigenvalue weighted by atomic mass is 10.1.